The van der Waals surface area contributed by atoms with Crippen molar-refractivity contribution >= 4 is 46.7 Å². The highest BCUT2D eigenvalue weighted by Crippen LogP contribution is 2.28. The van der Waals surface area contributed by atoms with Gasteiger partial charge in [-0.15, -0.1) is 0 Å². The molecule has 10 heteroatoms. The molecule has 0 saturated carbocycles. The third kappa shape index (κ3) is 4.24. The van der Waals surface area contributed by atoms with Gasteiger partial charge < -0.3 is 21.3 Å². The van der Waals surface area contributed by atoms with Crippen LogP contribution < -0.4 is 21.7 Å². The van der Waals surface area contributed by atoms with Crippen molar-refractivity contribution < 1.29 is 19.2 Å². The number of urea groups is 1. The van der Waals surface area contributed by atoms with Gasteiger partial charge in [0, 0.05) is 41.5 Å². The van der Waals surface area contributed by atoms with Gasteiger partial charge in [0.05, 0.1) is 0 Å². The Bertz CT molecular complexity index is 1130. The van der Waals surface area contributed by atoms with E-state index in [9.17, 15) is 19.2 Å². The Morgan fingerprint density at radius 3 is 2.75 bits per heavy atom. The molecule has 0 radical (unpaired) electrons. The molecule has 1 unspecified atom stereocenters. The first kappa shape index (κ1) is 21.6. The average Bonchev–Trinajstić information content (AvgIpc) is 3.06. The summed E-state index contributed by atoms with van der Waals surface area (Å²) in [6.07, 6.45) is 0.519. The highest BCUT2D eigenvalue weighted by atomic mass is 35.5. The Hall–Kier alpha value is -3.59. The number of imide groups is 1. The monoisotopic (exact) mass is 455 g/mol. The van der Waals surface area contributed by atoms with Crippen LogP contribution in [0.3, 0.4) is 0 Å². The highest BCUT2D eigenvalue weighted by Gasteiger charge is 2.39. The van der Waals surface area contributed by atoms with Gasteiger partial charge >= 0.3 is 6.03 Å². The molecule has 0 spiro atoms. The van der Waals surface area contributed by atoms with E-state index in [1.54, 1.807) is 31.2 Å². The van der Waals surface area contributed by atoms with E-state index < -0.39 is 18.0 Å². The van der Waals surface area contributed by atoms with Crippen molar-refractivity contribution in [2.75, 3.05) is 11.1 Å². The quantitative estimate of drug-likeness (QED) is 0.414. The number of carbonyl (C=O) groups is 4. The van der Waals surface area contributed by atoms with E-state index in [4.69, 9.17) is 17.3 Å². The molecule has 0 aliphatic carbocycles. The van der Waals surface area contributed by atoms with E-state index in [-0.39, 0.29) is 31.3 Å². The zero-order chi connectivity index (χ0) is 23.0. The van der Waals surface area contributed by atoms with Crippen LogP contribution in [0.5, 0.6) is 0 Å². The molecular formula is C22H22ClN5O4. The molecule has 2 aromatic rings. The molecule has 5 N–H and O–H groups in total. The average molecular weight is 456 g/mol. The summed E-state index contributed by atoms with van der Waals surface area (Å²) in [7, 11) is 0. The van der Waals surface area contributed by atoms with Crippen molar-refractivity contribution in [2.24, 2.45) is 0 Å². The van der Waals surface area contributed by atoms with Gasteiger partial charge in [-0.1, -0.05) is 23.7 Å². The number of nitrogens with zero attached hydrogens (tertiary/aromatic N) is 1. The van der Waals surface area contributed by atoms with E-state index >= 15 is 0 Å². The first-order valence-electron chi connectivity index (χ1n) is 10.1. The summed E-state index contributed by atoms with van der Waals surface area (Å²) < 4.78 is 0. The predicted octanol–water partition coefficient (Wildman–Crippen LogP) is 2.31. The maximum absolute atomic E-state index is 12.7. The second kappa shape index (κ2) is 8.51. The second-order valence-corrected chi connectivity index (χ2v) is 8.28. The first-order valence-corrected chi connectivity index (χ1v) is 10.5. The third-order valence-electron chi connectivity index (χ3n) is 5.68. The number of benzene rings is 2. The van der Waals surface area contributed by atoms with Gasteiger partial charge in [-0.3, -0.25) is 19.7 Å². The fourth-order valence-corrected chi connectivity index (χ4v) is 4.09. The lowest BCUT2D eigenvalue weighted by Crippen LogP contribution is -2.52. The molecule has 2 aliphatic heterocycles. The molecule has 32 heavy (non-hydrogen) atoms. The van der Waals surface area contributed by atoms with Crippen molar-refractivity contribution in [3.63, 3.8) is 0 Å². The summed E-state index contributed by atoms with van der Waals surface area (Å²) in [5.41, 5.74) is 9.69. The Morgan fingerprint density at radius 2 is 2.03 bits per heavy atom. The molecule has 1 atom stereocenters. The fraction of sp³-hybridized carbons (Fsp3) is 0.273. The number of fused-ring (bicyclic) bond motifs is 1. The molecule has 4 rings (SSSR count). The van der Waals surface area contributed by atoms with E-state index in [2.05, 4.69) is 16.0 Å². The van der Waals surface area contributed by atoms with Crippen LogP contribution in [0, 0.1) is 6.92 Å². The minimum absolute atomic E-state index is 0.207. The molecule has 0 aromatic heterocycles. The largest absolute Gasteiger partial charge is 0.398 e. The minimum Gasteiger partial charge on any atom is -0.398 e. The number of carbonyl (C=O) groups excluding carboxylic acids is 4. The molecule has 5 amide bonds. The van der Waals surface area contributed by atoms with E-state index in [0.717, 1.165) is 16.7 Å². The van der Waals surface area contributed by atoms with Crippen molar-refractivity contribution in [3.05, 3.63) is 57.6 Å². The lowest BCUT2D eigenvalue weighted by Gasteiger charge is -2.29. The summed E-state index contributed by atoms with van der Waals surface area (Å²) in [6, 6.07) is 7.45. The predicted molar refractivity (Wildman–Crippen MR) is 119 cm³/mol. The van der Waals surface area contributed by atoms with Crippen LogP contribution in [0.1, 0.15) is 39.9 Å². The van der Waals surface area contributed by atoms with Crippen LogP contribution in [-0.4, -0.2) is 34.7 Å². The van der Waals surface area contributed by atoms with E-state index in [0.29, 0.717) is 28.4 Å². The maximum Gasteiger partial charge on any atom is 0.319 e. The molecule has 9 nitrogen and oxygen atoms in total. The van der Waals surface area contributed by atoms with Gasteiger partial charge in [0.1, 0.15) is 6.04 Å². The maximum atomic E-state index is 12.7. The van der Waals surface area contributed by atoms with Gasteiger partial charge in [-0.2, -0.15) is 0 Å². The summed E-state index contributed by atoms with van der Waals surface area (Å²) >= 11 is 6.10. The molecule has 166 valence electrons. The van der Waals surface area contributed by atoms with Gasteiger partial charge in [0.15, 0.2) is 0 Å². The molecule has 2 aromatic carbocycles. The minimum atomic E-state index is -0.659. The van der Waals surface area contributed by atoms with Crippen molar-refractivity contribution in [3.8, 4) is 0 Å². The number of anilines is 2. The van der Waals surface area contributed by atoms with E-state index in [1.807, 2.05) is 6.07 Å². The molecule has 2 heterocycles. The van der Waals surface area contributed by atoms with Gasteiger partial charge in [0.25, 0.3) is 5.91 Å². The summed E-state index contributed by atoms with van der Waals surface area (Å²) in [5, 5.41) is 8.19. The normalized spacial score (nSPS) is 17.8. The number of hydrogen-bond donors (Lipinski definition) is 4. The SMILES string of the molecule is Cc1c(N)cc(NC(=O)NCc2ccc3c(c2)CN(C2CCC(=O)NC2=O)C3=O)cc1Cl. The lowest BCUT2D eigenvalue weighted by molar-refractivity contribution is -0.136. The van der Waals surface area contributed by atoms with Gasteiger partial charge in [-0.25, -0.2) is 4.79 Å². The standard InChI is InChI=1S/C22H22ClN5O4/c1-11-16(23)7-14(8-17(11)24)26-22(32)25-9-12-2-3-15-13(6-12)10-28(21(15)31)18-4-5-19(29)27-20(18)30/h2-3,6-8,18H,4-5,9-10,24H2,1H3,(H2,25,26,32)(H,27,29,30). The van der Waals surface area contributed by atoms with Crippen LogP contribution in [0.15, 0.2) is 30.3 Å². The topological polar surface area (TPSA) is 134 Å². The zero-order valence-electron chi connectivity index (χ0n) is 17.3. The number of nitrogens with one attached hydrogen (secondary N) is 3. The third-order valence-corrected chi connectivity index (χ3v) is 6.08. The van der Waals surface area contributed by atoms with Crippen LogP contribution >= 0.6 is 11.6 Å². The number of nitrogens with two attached hydrogens (primary N) is 1. The number of nitrogen functional groups attached to an aromatic ring is 1. The Labute approximate surface area is 189 Å². The van der Waals surface area contributed by atoms with Gasteiger partial charge in [-0.05, 0) is 48.2 Å². The first-order chi connectivity index (χ1) is 15.2. The van der Waals surface area contributed by atoms with Gasteiger partial charge in [0.2, 0.25) is 11.8 Å². The number of piperidine rings is 1. The number of amides is 5. The number of rotatable bonds is 4. The zero-order valence-corrected chi connectivity index (χ0v) is 18.1. The highest BCUT2D eigenvalue weighted by molar-refractivity contribution is 6.32. The van der Waals surface area contributed by atoms with E-state index in [1.165, 1.54) is 4.90 Å². The summed E-state index contributed by atoms with van der Waals surface area (Å²) in [6.45, 7) is 2.31. The fourth-order valence-electron chi connectivity index (χ4n) is 3.87. The van der Waals surface area contributed by atoms with Crippen LogP contribution in [0.2, 0.25) is 5.02 Å². The van der Waals surface area contributed by atoms with Crippen molar-refractivity contribution in [1.82, 2.24) is 15.5 Å². The van der Waals surface area contributed by atoms with Crippen molar-refractivity contribution in [2.45, 2.75) is 38.9 Å². The van der Waals surface area contributed by atoms with Crippen LogP contribution in [0.4, 0.5) is 16.2 Å². The van der Waals surface area contributed by atoms with Crippen LogP contribution in [-0.2, 0) is 22.7 Å². The Balaban J connectivity index is 1.38. The Kier molecular flexibility index (Phi) is 5.75. The Morgan fingerprint density at radius 1 is 1.25 bits per heavy atom. The molecule has 1 saturated heterocycles. The van der Waals surface area contributed by atoms with Crippen LogP contribution in [0.25, 0.3) is 0 Å². The lowest BCUT2D eigenvalue weighted by atomic mass is 10.0. The summed E-state index contributed by atoms with van der Waals surface area (Å²) in [4.78, 5) is 50.0. The summed E-state index contributed by atoms with van der Waals surface area (Å²) in [5.74, 6) is -1.00. The molecule has 1 fully saturated rings. The number of halogens is 1. The molecule has 0 bridgehead atoms. The second-order valence-electron chi connectivity index (χ2n) is 7.87. The molecular weight excluding hydrogens is 434 g/mol. The van der Waals surface area contributed by atoms with Crippen molar-refractivity contribution in [1.29, 1.82) is 0 Å². The smallest absolute Gasteiger partial charge is 0.319 e. The number of hydrogen-bond acceptors (Lipinski definition) is 5. The molecule has 2 aliphatic rings.